The third-order valence-corrected chi connectivity index (χ3v) is 2.97. The van der Waals surface area contributed by atoms with E-state index in [1.54, 1.807) is 0 Å². The normalized spacial score (nSPS) is 17.8. The van der Waals surface area contributed by atoms with Gasteiger partial charge in [0.1, 0.15) is 11.3 Å². The van der Waals surface area contributed by atoms with Crippen LogP contribution in [0.3, 0.4) is 0 Å². The summed E-state index contributed by atoms with van der Waals surface area (Å²) in [7, 11) is 0. The fraction of sp³-hybridized carbons (Fsp3) is 0.333. The van der Waals surface area contributed by atoms with Crippen LogP contribution >= 0.6 is 0 Å². The van der Waals surface area contributed by atoms with Crippen molar-refractivity contribution < 1.29 is 22.8 Å². The minimum Gasteiger partial charge on any atom is -0.299 e. The van der Waals surface area contributed by atoms with Gasteiger partial charge < -0.3 is 0 Å². The molecule has 1 fully saturated rings. The predicted octanol–water partition coefficient (Wildman–Crippen LogP) is 2.60. The van der Waals surface area contributed by atoms with Crippen molar-refractivity contribution in [3.05, 3.63) is 35.4 Å². The predicted molar refractivity (Wildman–Crippen MR) is 55.5 cm³/mol. The lowest BCUT2D eigenvalue weighted by Crippen LogP contribution is -2.40. The molecule has 0 radical (unpaired) electrons. The van der Waals surface area contributed by atoms with Crippen LogP contribution in [0.5, 0.6) is 0 Å². The number of isocyanates is 1. The zero-order valence-corrected chi connectivity index (χ0v) is 9.12. The van der Waals surface area contributed by atoms with Gasteiger partial charge in [0.25, 0.3) is 0 Å². The second kappa shape index (κ2) is 4.07. The second-order valence-corrected chi connectivity index (χ2v) is 4.21. The molecule has 0 spiro atoms. The molecule has 18 heavy (non-hydrogen) atoms. The average Bonchev–Trinajstić information content (AvgIpc) is 2.26. The smallest absolute Gasteiger partial charge is 0.299 e. The number of benzene rings is 1. The molecular weight excluding hydrogens is 247 g/mol. The molecule has 0 heterocycles. The molecule has 0 N–H and O–H groups in total. The van der Waals surface area contributed by atoms with Gasteiger partial charge >= 0.3 is 6.18 Å². The van der Waals surface area contributed by atoms with Crippen LogP contribution in [0.4, 0.5) is 13.2 Å². The Balaban J connectivity index is 2.44. The SMILES string of the molecule is O=C=NC1(c2cccc(C(F)(F)F)c2)CC(=O)C1. The van der Waals surface area contributed by atoms with Crippen molar-refractivity contribution >= 4 is 11.9 Å². The van der Waals surface area contributed by atoms with Crippen molar-refractivity contribution in [1.29, 1.82) is 0 Å². The Kier molecular flexibility index (Phi) is 2.83. The second-order valence-electron chi connectivity index (χ2n) is 4.21. The number of hydrogen-bond acceptors (Lipinski definition) is 3. The first-order valence-corrected chi connectivity index (χ1v) is 5.16. The molecule has 0 saturated heterocycles. The summed E-state index contributed by atoms with van der Waals surface area (Å²) in [6.45, 7) is 0. The average molecular weight is 255 g/mol. The Morgan fingerprint density at radius 3 is 2.44 bits per heavy atom. The minimum atomic E-state index is -4.46. The van der Waals surface area contributed by atoms with Crippen molar-refractivity contribution in [2.24, 2.45) is 4.99 Å². The number of nitrogens with zero attached hydrogens (tertiary/aromatic N) is 1. The lowest BCUT2D eigenvalue weighted by molar-refractivity contribution is -0.137. The van der Waals surface area contributed by atoms with Crippen LogP contribution < -0.4 is 0 Å². The highest BCUT2D eigenvalue weighted by molar-refractivity contribution is 5.88. The number of hydrogen-bond donors (Lipinski definition) is 0. The van der Waals surface area contributed by atoms with E-state index in [0.717, 1.165) is 12.1 Å². The van der Waals surface area contributed by atoms with Gasteiger partial charge in [-0.3, -0.25) is 4.79 Å². The third kappa shape index (κ3) is 2.07. The van der Waals surface area contributed by atoms with Crippen LogP contribution in [0.2, 0.25) is 0 Å². The number of ketones is 1. The number of Topliss-reactive ketones (excluding diaryl/α,β-unsaturated/α-hetero) is 1. The van der Waals surface area contributed by atoms with Gasteiger partial charge in [0.2, 0.25) is 6.08 Å². The molecule has 0 atom stereocenters. The molecule has 3 nitrogen and oxygen atoms in total. The van der Waals surface area contributed by atoms with Gasteiger partial charge in [-0.05, 0) is 17.7 Å². The number of alkyl halides is 3. The lowest BCUT2D eigenvalue weighted by atomic mass is 9.71. The third-order valence-electron chi connectivity index (χ3n) is 2.97. The molecule has 6 heteroatoms. The minimum absolute atomic E-state index is 0.0520. The summed E-state index contributed by atoms with van der Waals surface area (Å²) in [6, 6.07) is 4.53. The number of halogens is 3. The van der Waals surface area contributed by atoms with E-state index in [4.69, 9.17) is 0 Å². The van der Waals surface area contributed by atoms with Crippen molar-refractivity contribution in [2.45, 2.75) is 24.6 Å². The Hall–Kier alpha value is -1.94. The highest BCUT2D eigenvalue weighted by Gasteiger charge is 2.46. The van der Waals surface area contributed by atoms with Crippen LogP contribution in [0, 0.1) is 0 Å². The summed E-state index contributed by atoms with van der Waals surface area (Å²) in [5.41, 5.74) is -1.75. The highest BCUT2D eigenvalue weighted by Crippen LogP contribution is 2.43. The maximum absolute atomic E-state index is 12.6. The van der Waals surface area contributed by atoms with Gasteiger partial charge in [-0.2, -0.15) is 18.2 Å². The molecule has 0 aliphatic heterocycles. The molecule has 1 aliphatic rings. The molecule has 1 aromatic carbocycles. The van der Waals surface area contributed by atoms with Crippen molar-refractivity contribution in [3.63, 3.8) is 0 Å². The van der Waals surface area contributed by atoms with Gasteiger partial charge in [-0.25, -0.2) is 4.79 Å². The Labute approximate surface area is 100 Å². The summed E-state index contributed by atoms with van der Waals surface area (Å²) in [5.74, 6) is -0.133. The maximum Gasteiger partial charge on any atom is 0.416 e. The number of carbonyl (C=O) groups excluding carboxylic acids is 2. The first-order valence-electron chi connectivity index (χ1n) is 5.16. The Bertz CT molecular complexity index is 536. The van der Waals surface area contributed by atoms with E-state index in [1.807, 2.05) is 0 Å². The van der Waals surface area contributed by atoms with E-state index in [2.05, 4.69) is 4.99 Å². The van der Waals surface area contributed by atoms with Gasteiger partial charge in [-0.1, -0.05) is 12.1 Å². The summed E-state index contributed by atoms with van der Waals surface area (Å²) < 4.78 is 37.7. The highest BCUT2D eigenvalue weighted by atomic mass is 19.4. The van der Waals surface area contributed by atoms with Gasteiger partial charge in [0.05, 0.1) is 5.56 Å². The van der Waals surface area contributed by atoms with Crippen LogP contribution in [0.15, 0.2) is 29.3 Å². The molecular formula is C12H8F3NO2. The van der Waals surface area contributed by atoms with Gasteiger partial charge in [-0.15, -0.1) is 0 Å². The van der Waals surface area contributed by atoms with E-state index in [9.17, 15) is 22.8 Å². The number of carbonyl (C=O) groups is 1. The summed E-state index contributed by atoms with van der Waals surface area (Å²) in [4.78, 5) is 24.9. The molecule has 0 amide bonds. The Morgan fingerprint density at radius 2 is 1.94 bits per heavy atom. The van der Waals surface area contributed by atoms with Crippen LogP contribution in [-0.4, -0.2) is 11.9 Å². The van der Waals surface area contributed by atoms with Gasteiger partial charge in [0.15, 0.2) is 0 Å². The Morgan fingerprint density at radius 1 is 1.28 bits per heavy atom. The lowest BCUT2D eigenvalue weighted by Gasteiger charge is -2.35. The maximum atomic E-state index is 12.6. The number of aliphatic imine (C=N–C) groups is 1. The van der Waals surface area contributed by atoms with E-state index < -0.39 is 17.3 Å². The van der Waals surface area contributed by atoms with Crippen molar-refractivity contribution in [1.82, 2.24) is 0 Å². The number of rotatable bonds is 2. The van der Waals surface area contributed by atoms with Crippen molar-refractivity contribution in [3.8, 4) is 0 Å². The first-order chi connectivity index (χ1) is 8.37. The van der Waals surface area contributed by atoms with Crippen molar-refractivity contribution in [2.75, 3.05) is 0 Å². The summed E-state index contributed by atoms with van der Waals surface area (Å²) in [6.07, 6.45) is -3.24. The summed E-state index contributed by atoms with van der Waals surface area (Å²) >= 11 is 0. The molecule has 1 saturated carbocycles. The first kappa shape index (κ1) is 12.5. The van der Waals surface area contributed by atoms with E-state index >= 15 is 0 Å². The van der Waals surface area contributed by atoms with Crippen LogP contribution in [-0.2, 0) is 21.3 Å². The van der Waals surface area contributed by atoms with Crippen LogP contribution in [0.25, 0.3) is 0 Å². The molecule has 2 rings (SSSR count). The molecule has 94 valence electrons. The molecule has 0 unspecified atom stereocenters. The monoisotopic (exact) mass is 255 g/mol. The molecule has 1 aliphatic carbocycles. The molecule has 0 bridgehead atoms. The topological polar surface area (TPSA) is 46.5 Å². The summed E-state index contributed by atoms with van der Waals surface area (Å²) in [5, 5.41) is 0. The van der Waals surface area contributed by atoms with Crippen LogP contribution in [0.1, 0.15) is 24.0 Å². The standard InChI is InChI=1S/C12H8F3NO2/c13-12(14,15)9-3-1-2-8(4-9)11(16-7-17)5-10(18)6-11/h1-4H,5-6H2. The molecule has 0 aromatic heterocycles. The zero-order valence-electron chi connectivity index (χ0n) is 9.12. The van der Waals surface area contributed by atoms with Gasteiger partial charge in [0, 0.05) is 12.8 Å². The zero-order chi connectivity index (χ0) is 13.4. The molecule has 1 aromatic rings. The van der Waals surface area contributed by atoms with E-state index in [-0.39, 0.29) is 24.2 Å². The van der Waals surface area contributed by atoms with E-state index in [0.29, 0.717) is 0 Å². The van der Waals surface area contributed by atoms with E-state index in [1.165, 1.54) is 18.2 Å². The largest absolute Gasteiger partial charge is 0.416 e. The fourth-order valence-electron chi connectivity index (χ4n) is 2.02. The quantitative estimate of drug-likeness (QED) is 0.602. The fourth-order valence-corrected chi connectivity index (χ4v) is 2.02.